The SMILES string of the molecule is c1ccc2c(-c3c4ccccc4c(-c4ccc(-c5cccc6oc7ccccc7c56)c5ccccc45)c4ccccc34)cccc2c1. The molecule has 0 spiro atoms. The fourth-order valence-corrected chi connectivity index (χ4v) is 7.90. The van der Waals surface area contributed by atoms with Gasteiger partial charge in [-0.1, -0.05) is 158 Å². The van der Waals surface area contributed by atoms with Crippen molar-refractivity contribution in [1.29, 1.82) is 0 Å². The highest BCUT2D eigenvalue weighted by molar-refractivity contribution is 6.26. The summed E-state index contributed by atoms with van der Waals surface area (Å²) in [5.74, 6) is 0. The topological polar surface area (TPSA) is 13.1 Å². The van der Waals surface area contributed by atoms with Gasteiger partial charge in [0.15, 0.2) is 0 Å². The Morgan fingerprint density at radius 1 is 0.255 bits per heavy atom. The van der Waals surface area contributed by atoms with Crippen LogP contribution in [0.4, 0.5) is 0 Å². The maximum atomic E-state index is 6.29. The molecule has 0 fully saturated rings. The van der Waals surface area contributed by atoms with Gasteiger partial charge in [-0.25, -0.2) is 0 Å². The monoisotopic (exact) mass is 596 g/mol. The van der Waals surface area contributed by atoms with Crippen molar-refractivity contribution in [3.05, 3.63) is 170 Å². The minimum absolute atomic E-state index is 0.915. The quantitative estimate of drug-likeness (QED) is 0.185. The minimum Gasteiger partial charge on any atom is -0.456 e. The first-order valence-electron chi connectivity index (χ1n) is 16.2. The number of rotatable bonds is 3. The largest absolute Gasteiger partial charge is 0.456 e. The van der Waals surface area contributed by atoms with Crippen molar-refractivity contribution >= 4 is 65.0 Å². The van der Waals surface area contributed by atoms with Crippen LogP contribution in [0, 0.1) is 0 Å². The third-order valence-electron chi connectivity index (χ3n) is 9.88. The molecule has 0 radical (unpaired) electrons. The summed E-state index contributed by atoms with van der Waals surface area (Å²) in [4.78, 5) is 0. The molecular formula is C46H28O. The Kier molecular flexibility index (Phi) is 5.64. The molecule has 0 saturated heterocycles. The van der Waals surface area contributed by atoms with Crippen LogP contribution in [0.25, 0.3) is 98.4 Å². The fraction of sp³-hybridized carbons (Fsp3) is 0. The molecule has 10 rings (SSSR count). The molecule has 0 saturated carbocycles. The number of benzene rings is 9. The maximum absolute atomic E-state index is 6.29. The highest BCUT2D eigenvalue weighted by atomic mass is 16.3. The molecule has 9 aromatic carbocycles. The number of hydrogen-bond acceptors (Lipinski definition) is 1. The van der Waals surface area contributed by atoms with Crippen molar-refractivity contribution in [1.82, 2.24) is 0 Å². The van der Waals surface area contributed by atoms with E-state index >= 15 is 0 Å². The molecule has 218 valence electrons. The zero-order valence-corrected chi connectivity index (χ0v) is 25.6. The summed E-state index contributed by atoms with van der Waals surface area (Å²) < 4.78 is 6.29. The van der Waals surface area contributed by atoms with E-state index in [1.54, 1.807) is 0 Å². The molecule has 0 atom stereocenters. The third-order valence-corrected chi connectivity index (χ3v) is 9.88. The minimum atomic E-state index is 0.915. The smallest absolute Gasteiger partial charge is 0.136 e. The second kappa shape index (κ2) is 10.2. The zero-order chi connectivity index (χ0) is 30.9. The number of hydrogen-bond donors (Lipinski definition) is 0. The zero-order valence-electron chi connectivity index (χ0n) is 25.6. The fourth-order valence-electron chi connectivity index (χ4n) is 7.90. The van der Waals surface area contributed by atoms with Crippen molar-refractivity contribution in [2.75, 3.05) is 0 Å². The average Bonchev–Trinajstić information content (AvgIpc) is 3.53. The molecule has 47 heavy (non-hydrogen) atoms. The van der Waals surface area contributed by atoms with Gasteiger partial charge in [-0.05, 0) is 88.6 Å². The van der Waals surface area contributed by atoms with Crippen LogP contribution in [0.3, 0.4) is 0 Å². The normalized spacial score (nSPS) is 11.8. The van der Waals surface area contributed by atoms with Gasteiger partial charge in [0.25, 0.3) is 0 Å². The lowest BCUT2D eigenvalue weighted by molar-refractivity contribution is 0.669. The number of fused-ring (bicyclic) bond motifs is 7. The summed E-state index contributed by atoms with van der Waals surface area (Å²) in [5.41, 5.74) is 9.30. The van der Waals surface area contributed by atoms with Crippen LogP contribution < -0.4 is 0 Å². The summed E-state index contributed by atoms with van der Waals surface area (Å²) in [7, 11) is 0. The van der Waals surface area contributed by atoms with E-state index in [1.807, 2.05) is 6.07 Å². The number of para-hydroxylation sites is 1. The summed E-state index contributed by atoms with van der Waals surface area (Å²) >= 11 is 0. The Labute approximate surface area is 271 Å². The van der Waals surface area contributed by atoms with Crippen molar-refractivity contribution in [2.45, 2.75) is 0 Å². The molecule has 0 unspecified atom stereocenters. The lowest BCUT2D eigenvalue weighted by Crippen LogP contribution is -1.93. The molecule has 0 amide bonds. The molecule has 0 bridgehead atoms. The summed E-state index contributed by atoms with van der Waals surface area (Å²) in [6, 6.07) is 61.6. The molecule has 0 aliphatic carbocycles. The van der Waals surface area contributed by atoms with Crippen molar-refractivity contribution < 1.29 is 4.42 Å². The number of furan rings is 1. The Morgan fingerprint density at radius 3 is 1.36 bits per heavy atom. The van der Waals surface area contributed by atoms with E-state index in [2.05, 4.69) is 164 Å². The molecule has 1 heteroatoms. The van der Waals surface area contributed by atoms with Crippen LogP contribution in [0.15, 0.2) is 174 Å². The Morgan fingerprint density at radius 2 is 0.681 bits per heavy atom. The highest BCUT2D eigenvalue weighted by Gasteiger charge is 2.21. The lowest BCUT2D eigenvalue weighted by atomic mass is 9.83. The van der Waals surface area contributed by atoms with Gasteiger partial charge in [0.2, 0.25) is 0 Å². The standard InChI is InChI=1S/C46H28O/c1-2-15-30-29(13-1)14-11-23-34(30)44-36-18-5-7-20-38(36)45(39-21-8-6-19-37(39)44)40-28-27-33(31-16-3-4-17-32(31)40)35-24-12-26-43-46(35)41-22-9-10-25-42(41)47-43/h1-28H. The van der Waals surface area contributed by atoms with Gasteiger partial charge in [0.05, 0.1) is 0 Å². The summed E-state index contributed by atoms with van der Waals surface area (Å²) in [6.45, 7) is 0. The summed E-state index contributed by atoms with van der Waals surface area (Å²) in [5, 5.41) is 12.4. The first-order valence-corrected chi connectivity index (χ1v) is 16.2. The molecule has 1 aromatic heterocycles. The summed E-state index contributed by atoms with van der Waals surface area (Å²) in [6.07, 6.45) is 0. The highest BCUT2D eigenvalue weighted by Crippen LogP contribution is 2.48. The molecule has 0 aliphatic heterocycles. The molecule has 1 nitrogen and oxygen atoms in total. The second-order valence-electron chi connectivity index (χ2n) is 12.4. The Hall–Kier alpha value is -6.18. The van der Waals surface area contributed by atoms with Gasteiger partial charge >= 0.3 is 0 Å². The van der Waals surface area contributed by atoms with Crippen LogP contribution in [0.5, 0.6) is 0 Å². The Balaban J connectivity index is 1.30. The van der Waals surface area contributed by atoms with E-state index < -0.39 is 0 Å². The van der Waals surface area contributed by atoms with E-state index in [0.717, 1.165) is 21.9 Å². The molecule has 1 heterocycles. The third kappa shape index (κ3) is 3.84. The van der Waals surface area contributed by atoms with E-state index in [-0.39, 0.29) is 0 Å². The van der Waals surface area contributed by atoms with E-state index in [1.165, 1.54) is 76.5 Å². The van der Waals surface area contributed by atoms with Crippen LogP contribution in [-0.2, 0) is 0 Å². The van der Waals surface area contributed by atoms with E-state index in [4.69, 9.17) is 4.42 Å². The molecule has 10 aromatic rings. The van der Waals surface area contributed by atoms with Crippen molar-refractivity contribution in [3.63, 3.8) is 0 Å². The lowest BCUT2D eigenvalue weighted by Gasteiger charge is -2.20. The Bertz CT molecular complexity index is 2790. The van der Waals surface area contributed by atoms with Crippen LogP contribution in [0.1, 0.15) is 0 Å². The predicted molar refractivity (Wildman–Crippen MR) is 200 cm³/mol. The van der Waals surface area contributed by atoms with Crippen LogP contribution in [0.2, 0.25) is 0 Å². The second-order valence-corrected chi connectivity index (χ2v) is 12.4. The molecule has 0 aliphatic rings. The van der Waals surface area contributed by atoms with E-state index in [0.29, 0.717) is 0 Å². The van der Waals surface area contributed by atoms with Gasteiger partial charge in [-0.2, -0.15) is 0 Å². The molecule has 0 N–H and O–H groups in total. The first-order chi connectivity index (χ1) is 23.3. The average molecular weight is 597 g/mol. The van der Waals surface area contributed by atoms with Gasteiger partial charge in [0.1, 0.15) is 11.2 Å². The first kappa shape index (κ1) is 26.1. The maximum Gasteiger partial charge on any atom is 0.136 e. The van der Waals surface area contributed by atoms with Crippen LogP contribution >= 0.6 is 0 Å². The van der Waals surface area contributed by atoms with Gasteiger partial charge in [-0.15, -0.1) is 0 Å². The van der Waals surface area contributed by atoms with Crippen molar-refractivity contribution in [3.8, 4) is 33.4 Å². The van der Waals surface area contributed by atoms with Crippen molar-refractivity contribution in [2.24, 2.45) is 0 Å². The van der Waals surface area contributed by atoms with Gasteiger partial charge < -0.3 is 4.42 Å². The van der Waals surface area contributed by atoms with Gasteiger partial charge in [0, 0.05) is 10.8 Å². The predicted octanol–water partition coefficient (Wildman–Crippen LogP) is 13.2. The molecular weight excluding hydrogens is 569 g/mol. The van der Waals surface area contributed by atoms with E-state index in [9.17, 15) is 0 Å². The van der Waals surface area contributed by atoms with Crippen LogP contribution in [-0.4, -0.2) is 0 Å². The van der Waals surface area contributed by atoms with Gasteiger partial charge in [-0.3, -0.25) is 0 Å².